The first-order valence-electron chi connectivity index (χ1n) is 7.29. The summed E-state index contributed by atoms with van der Waals surface area (Å²) in [5, 5.41) is 6.37. The highest BCUT2D eigenvalue weighted by atomic mass is 16.5. The Morgan fingerprint density at radius 1 is 0.950 bits per heavy atom. The summed E-state index contributed by atoms with van der Waals surface area (Å²) in [7, 11) is 3.41. The standard InChI is InChI=1S/C14H31N3O3/c1-13(2)5-8-19-9-6-16-14(15-3)17-7-10-20-12-11-18-4/h13H,5-12H2,1-4H3,(H2,15,16,17). The van der Waals surface area contributed by atoms with Crippen molar-refractivity contribution in [1.29, 1.82) is 0 Å². The van der Waals surface area contributed by atoms with E-state index in [4.69, 9.17) is 14.2 Å². The minimum Gasteiger partial charge on any atom is -0.382 e. The highest BCUT2D eigenvalue weighted by Crippen LogP contribution is 1.98. The molecule has 0 rings (SSSR count). The monoisotopic (exact) mass is 289 g/mol. The van der Waals surface area contributed by atoms with Crippen molar-refractivity contribution in [3.05, 3.63) is 0 Å². The molecule has 0 atom stereocenters. The molecule has 0 aliphatic rings. The zero-order chi connectivity index (χ0) is 15.1. The molecule has 0 spiro atoms. The van der Waals surface area contributed by atoms with Crippen molar-refractivity contribution in [3.8, 4) is 0 Å². The molecule has 0 radical (unpaired) electrons. The van der Waals surface area contributed by atoms with Crippen LogP contribution in [0.15, 0.2) is 4.99 Å². The third-order valence-electron chi connectivity index (χ3n) is 2.57. The Labute approximate surface area is 123 Å². The molecule has 0 unspecified atom stereocenters. The summed E-state index contributed by atoms with van der Waals surface area (Å²) in [5.41, 5.74) is 0. The molecule has 6 nitrogen and oxygen atoms in total. The number of hydrogen-bond acceptors (Lipinski definition) is 4. The van der Waals surface area contributed by atoms with E-state index in [0.29, 0.717) is 32.3 Å². The van der Waals surface area contributed by atoms with Gasteiger partial charge in [-0.15, -0.1) is 0 Å². The molecule has 6 heteroatoms. The Kier molecular flexibility index (Phi) is 13.9. The van der Waals surface area contributed by atoms with Gasteiger partial charge in [0.1, 0.15) is 0 Å². The normalized spacial score (nSPS) is 11.9. The van der Waals surface area contributed by atoms with Crippen molar-refractivity contribution in [2.24, 2.45) is 10.9 Å². The lowest BCUT2D eigenvalue weighted by atomic mass is 10.1. The fourth-order valence-corrected chi connectivity index (χ4v) is 1.37. The average molecular weight is 289 g/mol. The minimum atomic E-state index is 0.619. The van der Waals surface area contributed by atoms with Crippen molar-refractivity contribution < 1.29 is 14.2 Å². The van der Waals surface area contributed by atoms with Gasteiger partial charge in [0.05, 0.1) is 26.4 Å². The maximum atomic E-state index is 5.53. The van der Waals surface area contributed by atoms with E-state index in [1.54, 1.807) is 14.2 Å². The van der Waals surface area contributed by atoms with E-state index in [2.05, 4.69) is 29.5 Å². The predicted molar refractivity (Wildman–Crippen MR) is 82.3 cm³/mol. The van der Waals surface area contributed by atoms with Gasteiger partial charge in [-0.25, -0.2) is 0 Å². The van der Waals surface area contributed by atoms with E-state index < -0.39 is 0 Å². The Hall–Kier alpha value is -0.850. The van der Waals surface area contributed by atoms with E-state index in [9.17, 15) is 0 Å². The molecule has 0 bridgehead atoms. The van der Waals surface area contributed by atoms with Crippen molar-refractivity contribution in [2.75, 3.05) is 60.3 Å². The summed E-state index contributed by atoms with van der Waals surface area (Å²) in [6.07, 6.45) is 1.10. The molecular weight excluding hydrogens is 258 g/mol. The van der Waals surface area contributed by atoms with Gasteiger partial charge in [-0.3, -0.25) is 4.99 Å². The van der Waals surface area contributed by atoms with Gasteiger partial charge in [0.15, 0.2) is 5.96 Å². The van der Waals surface area contributed by atoms with Gasteiger partial charge >= 0.3 is 0 Å². The van der Waals surface area contributed by atoms with Crippen LogP contribution < -0.4 is 10.6 Å². The van der Waals surface area contributed by atoms with E-state index in [0.717, 1.165) is 32.1 Å². The topological polar surface area (TPSA) is 64.1 Å². The van der Waals surface area contributed by atoms with Crippen LogP contribution in [0.4, 0.5) is 0 Å². The average Bonchev–Trinajstić information content (AvgIpc) is 2.43. The van der Waals surface area contributed by atoms with Crippen molar-refractivity contribution in [3.63, 3.8) is 0 Å². The van der Waals surface area contributed by atoms with E-state index >= 15 is 0 Å². The third-order valence-corrected chi connectivity index (χ3v) is 2.57. The number of rotatable bonds is 12. The number of ether oxygens (including phenoxy) is 3. The number of nitrogens with zero attached hydrogens (tertiary/aromatic N) is 1. The summed E-state index contributed by atoms with van der Waals surface area (Å²) in [5.74, 6) is 1.46. The fraction of sp³-hybridized carbons (Fsp3) is 0.929. The smallest absolute Gasteiger partial charge is 0.191 e. The number of nitrogens with one attached hydrogen (secondary N) is 2. The Balaban J connectivity index is 3.39. The largest absolute Gasteiger partial charge is 0.382 e. The first-order valence-corrected chi connectivity index (χ1v) is 7.29. The van der Waals surface area contributed by atoms with E-state index in [1.165, 1.54) is 0 Å². The number of hydrogen-bond donors (Lipinski definition) is 2. The van der Waals surface area contributed by atoms with Crippen molar-refractivity contribution >= 4 is 5.96 Å². The molecule has 2 N–H and O–H groups in total. The quantitative estimate of drug-likeness (QED) is 0.317. The van der Waals surface area contributed by atoms with Gasteiger partial charge in [0.2, 0.25) is 0 Å². The Morgan fingerprint density at radius 2 is 1.55 bits per heavy atom. The van der Waals surface area contributed by atoms with Crippen LogP contribution in [0, 0.1) is 5.92 Å². The van der Waals surface area contributed by atoms with E-state index in [1.807, 2.05) is 0 Å². The lowest BCUT2D eigenvalue weighted by Gasteiger charge is -2.12. The second kappa shape index (κ2) is 14.6. The SMILES string of the molecule is CN=C(NCCOCCOC)NCCOCCC(C)C. The maximum absolute atomic E-state index is 5.53. The molecule has 0 aromatic carbocycles. The lowest BCUT2D eigenvalue weighted by Crippen LogP contribution is -2.40. The minimum absolute atomic E-state index is 0.619. The van der Waals surface area contributed by atoms with Crippen molar-refractivity contribution in [1.82, 2.24) is 10.6 Å². The molecule has 0 saturated heterocycles. The number of guanidine groups is 1. The zero-order valence-electron chi connectivity index (χ0n) is 13.4. The molecule has 0 aromatic heterocycles. The van der Waals surface area contributed by atoms with Crippen LogP contribution in [0.25, 0.3) is 0 Å². The molecule has 0 aromatic rings. The molecule has 0 amide bonds. The molecule has 0 saturated carbocycles. The summed E-state index contributed by atoms with van der Waals surface area (Å²) in [6, 6.07) is 0. The predicted octanol–water partition coefficient (Wildman–Crippen LogP) is 0.877. The van der Waals surface area contributed by atoms with Gasteiger partial charge in [-0.1, -0.05) is 13.8 Å². The fourth-order valence-electron chi connectivity index (χ4n) is 1.37. The summed E-state index contributed by atoms with van der Waals surface area (Å²) in [6.45, 7) is 9.25. The van der Waals surface area contributed by atoms with Crippen LogP contribution in [0.5, 0.6) is 0 Å². The maximum Gasteiger partial charge on any atom is 0.191 e. The summed E-state index contributed by atoms with van der Waals surface area (Å²) >= 11 is 0. The molecular formula is C14H31N3O3. The van der Waals surface area contributed by atoms with Crippen LogP contribution in [0.2, 0.25) is 0 Å². The first kappa shape index (κ1) is 19.1. The van der Waals surface area contributed by atoms with Crippen molar-refractivity contribution in [2.45, 2.75) is 20.3 Å². The van der Waals surface area contributed by atoms with Gasteiger partial charge in [-0.2, -0.15) is 0 Å². The van der Waals surface area contributed by atoms with Crippen LogP contribution in [0.3, 0.4) is 0 Å². The Morgan fingerprint density at radius 3 is 2.05 bits per heavy atom. The number of aliphatic imine (C=N–C) groups is 1. The van der Waals surface area contributed by atoms with Crippen LogP contribution >= 0.6 is 0 Å². The lowest BCUT2D eigenvalue weighted by molar-refractivity contribution is 0.0733. The molecule has 0 aliphatic carbocycles. The number of methoxy groups -OCH3 is 1. The highest BCUT2D eigenvalue weighted by molar-refractivity contribution is 5.79. The second-order valence-electron chi connectivity index (χ2n) is 4.83. The molecule has 0 heterocycles. The van der Waals surface area contributed by atoms with Crippen LogP contribution in [-0.4, -0.2) is 66.2 Å². The molecule has 0 aliphatic heterocycles. The van der Waals surface area contributed by atoms with Gasteiger partial charge in [0, 0.05) is 33.9 Å². The van der Waals surface area contributed by atoms with Gasteiger partial charge < -0.3 is 24.8 Å². The summed E-state index contributed by atoms with van der Waals surface area (Å²) < 4.78 is 15.8. The highest BCUT2D eigenvalue weighted by Gasteiger charge is 1.97. The van der Waals surface area contributed by atoms with E-state index in [-0.39, 0.29) is 0 Å². The van der Waals surface area contributed by atoms with Gasteiger partial charge in [0.25, 0.3) is 0 Å². The van der Waals surface area contributed by atoms with Crippen LogP contribution in [-0.2, 0) is 14.2 Å². The zero-order valence-corrected chi connectivity index (χ0v) is 13.4. The molecule has 20 heavy (non-hydrogen) atoms. The van der Waals surface area contributed by atoms with Gasteiger partial charge in [-0.05, 0) is 12.3 Å². The first-order chi connectivity index (χ1) is 9.70. The Bertz CT molecular complexity index is 236. The molecule has 120 valence electrons. The summed E-state index contributed by atoms with van der Waals surface area (Å²) in [4.78, 5) is 4.13. The van der Waals surface area contributed by atoms with Crippen LogP contribution in [0.1, 0.15) is 20.3 Å². The molecule has 0 fully saturated rings. The third kappa shape index (κ3) is 13.6. The second-order valence-corrected chi connectivity index (χ2v) is 4.83.